The number of aromatic nitrogens is 2. The molecule has 100 valence electrons. The summed E-state index contributed by atoms with van der Waals surface area (Å²) >= 11 is 9.01. The molecule has 0 amide bonds. The first-order chi connectivity index (χ1) is 9.22. The Balaban J connectivity index is 2.12. The SMILES string of the molecule is COc1nc(Nc2ccc(CCCl)cc2)ncc1Br. The van der Waals surface area contributed by atoms with Gasteiger partial charge in [0.15, 0.2) is 0 Å². The van der Waals surface area contributed by atoms with Gasteiger partial charge in [-0.2, -0.15) is 4.98 Å². The van der Waals surface area contributed by atoms with Crippen LogP contribution in [0.4, 0.5) is 11.6 Å². The van der Waals surface area contributed by atoms with Crippen LogP contribution in [-0.2, 0) is 6.42 Å². The molecule has 0 aliphatic heterocycles. The van der Waals surface area contributed by atoms with Crippen LogP contribution < -0.4 is 10.1 Å². The number of methoxy groups -OCH3 is 1. The third kappa shape index (κ3) is 3.81. The molecule has 0 aliphatic carbocycles. The minimum atomic E-state index is 0.491. The molecule has 2 rings (SSSR count). The van der Waals surface area contributed by atoms with E-state index >= 15 is 0 Å². The molecule has 2 aromatic rings. The molecule has 6 heteroatoms. The zero-order chi connectivity index (χ0) is 13.7. The molecule has 0 fully saturated rings. The average Bonchev–Trinajstić information content (AvgIpc) is 2.43. The summed E-state index contributed by atoms with van der Waals surface area (Å²) in [6.45, 7) is 0. The Morgan fingerprint density at radius 1 is 1.32 bits per heavy atom. The van der Waals surface area contributed by atoms with Crippen molar-refractivity contribution in [1.82, 2.24) is 9.97 Å². The lowest BCUT2D eigenvalue weighted by atomic mass is 10.1. The minimum absolute atomic E-state index is 0.491. The van der Waals surface area contributed by atoms with E-state index in [-0.39, 0.29) is 0 Å². The van der Waals surface area contributed by atoms with Gasteiger partial charge in [0.1, 0.15) is 0 Å². The summed E-state index contributed by atoms with van der Waals surface area (Å²) in [5.41, 5.74) is 2.12. The van der Waals surface area contributed by atoms with Gasteiger partial charge >= 0.3 is 0 Å². The Morgan fingerprint density at radius 3 is 2.68 bits per heavy atom. The van der Waals surface area contributed by atoms with Crippen molar-refractivity contribution in [3.63, 3.8) is 0 Å². The number of benzene rings is 1. The molecule has 1 N–H and O–H groups in total. The lowest BCUT2D eigenvalue weighted by molar-refractivity contribution is 0.394. The lowest BCUT2D eigenvalue weighted by Crippen LogP contribution is -1.99. The van der Waals surface area contributed by atoms with Gasteiger partial charge in [0.25, 0.3) is 0 Å². The summed E-state index contributed by atoms with van der Waals surface area (Å²) in [6.07, 6.45) is 2.51. The number of hydrogen-bond donors (Lipinski definition) is 1. The summed E-state index contributed by atoms with van der Waals surface area (Å²) in [7, 11) is 1.57. The van der Waals surface area contributed by atoms with Gasteiger partial charge in [-0.1, -0.05) is 12.1 Å². The van der Waals surface area contributed by atoms with Crippen molar-refractivity contribution in [1.29, 1.82) is 0 Å². The second kappa shape index (κ2) is 6.73. The quantitative estimate of drug-likeness (QED) is 0.840. The fourth-order valence-electron chi connectivity index (χ4n) is 1.55. The van der Waals surface area contributed by atoms with E-state index in [2.05, 4.69) is 31.2 Å². The fraction of sp³-hybridized carbons (Fsp3) is 0.231. The number of nitrogens with zero attached hydrogens (tertiary/aromatic N) is 2. The highest BCUT2D eigenvalue weighted by Crippen LogP contribution is 2.23. The first-order valence-electron chi connectivity index (χ1n) is 5.71. The molecule has 0 saturated heterocycles. The molecule has 0 saturated carbocycles. The van der Waals surface area contributed by atoms with Crippen molar-refractivity contribution >= 4 is 39.2 Å². The molecule has 0 bridgehead atoms. The molecule has 0 unspecified atom stereocenters. The predicted molar refractivity (Wildman–Crippen MR) is 80.4 cm³/mol. The van der Waals surface area contributed by atoms with Crippen molar-refractivity contribution in [3.8, 4) is 5.88 Å². The van der Waals surface area contributed by atoms with Gasteiger partial charge in [0, 0.05) is 11.6 Å². The summed E-state index contributed by atoms with van der Waals surface area (Å²) < 4.78 is 5.84. The van der Waals surface area contributed by atoms with E-state index in [1.807, 2.05) is 24.3 Å². The Hall–Kier alpha value is -1.33. The molecule has 0 spiro atoms. The Morgan fingerprint density at radius 2 is 2.05 bits per heavy atom. The molecule has 0 aliphatic rings. The molecule has 1 aromatic heterocycles. The van der Waals surface area contributed by atoms with Crippen LogP contribution in [0.25, 0.3) is 0 Å². The van der Waals surface area contributed by atoms with Gasteiger partial charge in [0.2, 0.25) is 11.8 Å². The number of aryl methyl sites for hydroxylation is 1. The average molecular weight is 343 g/mol. The van der Waals surface area contributed by atoms with Crippen molar-refractivity contribution < 1.29 is 4.74 Å². The van der Waals surface area contributed by atoms with Crippen LogP contribution in [0.1, 0.15) is 5.56 Å². The van der Waals surface area contributed by atoms with Crippen molar-refractivity contribution in [3.05, 3.63) is 40.5 Å². The normalized spacial score (nSPS) is 10.3. The first kappa shape index (κ1) is 14.1. The third-order valence-electron chi connectivity index (χ3n) is 2.50. The smallest absolute Gasteiger partial charge is 0.232 e. The fourth-order valence-corrected chi connectivity index (χ4v) is 2.12. The van der Waals surface area contributed by atoms with Crippen LogP contribution in [0.5, 0.6) is 5.88 Å². The Bertz CT molecular complexity index is 548. The van der Waals surface area contributed by atoms with Crippen molar-refractivity contribution in [2.45, 2.75) is 6.42 Å². The van der Waals surface area contributed by atoms with E-state index in [0.717, 1.165) is 16.6 Å². The van der Waals surface area contributed by atoms with Crippen molar-refractivity contribution in [2.24, 2.45) is 0 Å². The summed E-state index contributed by atoms with van der Waals surface area (Å²) in [6, 6.07) is 8.00. The van der Waals surface area contributed by atoms with E-state index in [0.29, 0.717) is 17.7 Å². The number of halogens is 2. The van der Waals surface area contributed by atoms with E-state index in [4.69, 9.17) is 16.3 Å². The van der Waals surface area contributed by atoms with E-state index < -0.39 is 0 Å². The highest BCUT2D eigenvalue weighted by molar-refractivity contribution is 9.10. The molecule has 1 heterocycles. The summed E-state index contributed by atoms with van der Waals surface area (Å²) in [5.74, 6) is 1.61. The number of anilines is 2. The molecular formula is C13H13BrClN3O. The van der Waals surface area contributed by atoms with Gasteiger partial charge in [-0.3, -0.25) is 0 Å². The van der Waals surface area contributed by atoms with Gasteiger partial charge < -0.3 is 10.1 Å². The monoisotopic (exact) mass is 341 g/mol. The van der Waals surface area contributed by atoms with Crippen LogP contribution in [-0.4, -0.2) is 23.0 Å². The zero-order valence-electron chi connectivity index (χ0n) is 10.4. The van der Waals surface area contributed by atoms with Gasteiger partial charge in [-0.25, -0.2) is 4.98 Å². The maximum atomic E-state index is 5.70. The number of nitrogens with one attached hydrogen (secondary N) is 1. The molecule has 19 heavy (non-hydrogen) atoms. The maximum absolute atomic E-state index is 5.70. The van der Waals surface area contributed by atoms with Gasteiger partial charge in [0.05, 0.1) is 17.8 Å². The van der Waals surface area contributed by atoms with E-state index in [9.17, 15) is 0 Å². The molecule has 0 radical (unpaired) electrons. The second-order valence-corrected chi connectivity index (χ2v) is 5.04. The number of hydrogen-bond acceptors (Lipinski definition) is 4. The molecule has 1 aromatic carbocycles. The summed E-state index contributed by atoms with van der Waals surface area (Å²) in [5, 5.41) is 3.12. The van der Waals surface area contributed by atoms with Gasteiger partial charge in [-0.15, -0.1) is 11.6 Å². The van der Waals surface area contributed by atoms with Crippen LogP contribution in [0, 0.1) is 0 Å². The standard InChI is InChI=1S/C13H13BrClN3O/c1-19-12-11(14)8-16-13(18-12)17-10-4-2-9(3-5-10)6-7-15/h2-5,8H,6-7H2,1H3,(H,16,17,18). The highest BCUT2D eigenvalue weighted by atomic mass is 79.9. The van der Waals surface area contributed by atoms with E-state index in [1.165, 1.54) is 5.56 Å². The molecule has 4 nitrogen and oxygen atoms in total. The van der Waals surface area contributed by atoms with Crippen LogP contribution in [0.3, 0.4) is 0 Å². The van der Waals surface area contributed by atoms with E-state index in [1.54, 1.807) is 13.3 Å². The van der Waals surface area contributed by atoms with Crippen LogP contribution in [0.2, 0.25) is 0 Å². The van der Waals surface area contributed by atoms with Crippen LogP contribution >= 0.6 is 27.5 Å². The third-order valence-corrected chi connectivity index (χ3v) is 3.23. The van der Waals surface area contributed by atoms with Gasteiger partial charge in [-0.05, 0) is 40.0 Å². The number of alkyl halides is 1. The highest BCUT2D eigenvalue weighted by Gasteiger charge is 2.05. The summed E-state index contributed by atoms with van der Waals surface area (Å²) in [4.78, 5) is 8.40. The first-order valence-corrected chi connectivity index (χ1v) is 7.04. The predicted octanol–water partition coefficient (Wildman–Crippen LogP) is 3.77. The maximum Gasteiger partial charge on any atom is 0.232 e. The largest absolute Gasteiger partial charge is 0.480 e. The Labute approximate surface area is 125 Å². The van der Waals surface area contributed by atoms with Crippen LogP contribution in [0.15, 0.2) is 34.9 Å². The molecule has 0 atom stereocenters. The van der Waals surface area contributed by atoms with Crippen molar-refractivity contribution in [2.75, 3.05) is 18.3 Å². The lowest BCUT2D eigenvalue weighted by Gasteiger charge is -2.07. The zero-order valence-corrected chi connectivity index (χ0v) is 12.7. The molecular weight excluding hydrogens is 330 g/mol. The number of ether oxygens (including phenoxy) is 1. The number of rotatable bonds is 5. The second-order valence-electron chi connectivity index (χ2n) is 3.81. The minimum Gasteiger partial charge on any atom is -0.480 e. The topological polar surface area (TPSA) is 47.0 Å². The Kier molecular flexibility index (Phi) is 4.99.